The zero-order chi connectivity index (χ0) is 27.2. The van der Waals surface area contributed by atoms with Crippen molar-refractivity contribution >= 4 is 22.5 Å². The normalized spacial score (nSPS) is 11.4. The summed E-state index contributed by atoms with van der Waals surface area (Å²) in [7, 11) is 0. The van der Waals surface area contributed by atoms with E-state index in [-0.39, 0.29) is 25.5 Å². The van der Waals surface area contributed by atoms with E-state index in [2.05, 4.69) is 9.97 Å². The number of ether oxygens (including phenoxy) is 1. The van der Waals surface area contributed by atoms with Crippen molar-refractivity contribution in [2.24, 2.45) is 0 Å². The first-order valence-electron chi connectivity index (χ1n) is 12.3. The maximum Gasteiger partial charge on any atom is 0.416 e. The lowest BCUT2D eigenvalue weighted by Gasteiger charge is -2.23. The van der Waals surface area contributed by atoms with Gasteiger partial charge >= 0.3 is 6.18 Å². The quantitative estimate of drug-likeness (QED) is 0.218. The van der Waals surface area contributed by atoms with E-state index in [0.29, 0.717) is 17.0 Å². The molecule has 0 aliphatic rings. The largest absolute Gasteiger partial charge is 0.487 e. The molecule has 2 aromatic heterocycles. The summed E-state index contributed by atoms with van der Waals surface area (Å²) in [5.74, 6) is 0.359. The Balaban J connectivity index is 1.31. The number of para-hydroxylation sites is 1. The van der Waals surface area contributed by atoms with Gasteiger partial charge in [-0.2, -0.15) is 13.2 Å². The van der Waals surface area contributed by atoms with Crippen molar-refractivity contribution in [1.29, 1.82) is 0 Å². The highest BCUT2D eigenvalue weighted by Gasteiger charge is 2.30. The molecule has 0 atom stereocenters. The minimum Gasteiger partial charge on any atom is -0.487 e. The van der Waals surface area contributed by atoms with Gasteiger partial charge in [-0.1, -0.05) is 42.5 Å². The van der Waals surface area contributed by atoms with Crippen LogP contribution in [0.5, 0.6) is 5.75 Å². The standard InChI is InChI=1S/C31H24F3N3O2/c32-31(33,34)25-10-7-22(8-11-25)18-30(38)37(20-23-4-3-17-35-19-23)27-13-15-28(16-14-27)39-21-26-12-9-24-5-1-2-6-29(24)36-26/h1-17,19H,18,20-21H2. The minimum absolute atomic E-state index is 0.0513. The van der Waals surface area contributed by atoms with Crippen LogP contribution in [-0.4, -0.2) is 15.9 Å². The molecule has 5 rings (SSSR count). The molecule has 39 heavy (non-hydrogen) atoms. The van der Waals surface area contributed by atoms with E-state index < -0.39 is 11.7 Å². The monoisotopic (exact) mass is 527 g/mol. The van der Waals surface area contributed by atoms with Crippen molar-refractivity contribution in [3.63, 3.8) is 0 Å². The topological polar surface area (TPSA) is 55.3 Å². The third-order valence-corrected chi connectivity index (χ3v) is 6.19. The minimum atomic E-state index is -4.43. The number of carbonyl (C=O) groups excluding carboxylic acids is 1. The first kappa shape index (κ1) is 25.9. The average molecular weight is 528 g/mol. The van der Waals surface area contributed by atoms with E-state index in [0.717, 1.165) is 34.3 Å². The molecule has 0 aliphatic heterocycles. The summed E-state index contributed by atoms with van der Waals surface area (Å²) in [5.41, 5.74) is 2.88. The summed E-state index contributed by atoms with van der Waals surface area (Å²) in [6, 6.07) is 27.2. The van der Waals surface area contributed by atoms with Crippen LogP contribution in [0.1, 0.15) is 22.4 Å². The molecular formula is C31H24F3N3O2. The van der Waals surface area contributed by atoms with Gasteiger partial charge in [-0.25, -0.2) is 4.98 Å². The van der Waals surface area contributed by atoms with Crippen molar-refractivity contribution in [1.82, 2.24) is 9.97 Å². The van der Waals surface area contributed by atoms with Crippen LogP contribution < -0.4 is 9.64 Å². The zero-order valence-electron chi connectivity index (χ0n) is 20.8. The fourth-order valence-corrected chi connectivity index (χ4v) is 4.15. The maximum absolute atomic E-state index is 13.3. The van der Waals surface area contributed by atoms with Crippen molar-refractivity contribution in [3.05, 3.63) is 132 Å². The Morgan fingerprint density at radius 1 is 0.821 bits per heavy atom. The molecule has 5 aromatic rings. The molecule has 0 unspecified atom stereocenters. The lowest BCUT2D eigenvalue weighted by atomic mass is 10.1. The molecule has 0 aliphatic carbocycles. The number of carbonyl (C=O) groups is 1. The smallest absolute Gasteiger partial charge is 0.416 e. The number of fused-ring (bicyclic) bond motifs is 1. The van der Waals surface area contributed by atoms with Crippen molar-refractivity contribution in [2.45, 2.75) is 25.7 Å². The molecular weight excluding hydrogens is 503 g/mol. The number of benzene rings is 3. The van der Waals surface area contributed by atoms with Gasteiger partial charge in [0.15, 0.2) is 0 Å². The highest BCUT2D eigenvalue weighted by molar-refractivity contribution is 5.94. The van der Waals surface area contributed by atoms with Crippen LogP contribution in [0.15, 0.2) is 109 Å². The number of anilines is 1. The zero-order valence-corrected chi connectivity index (χ0v) is 20.8. The number of hydrogen-bond acceptors (Lipinski definition) is 4. The first-order chi connectivity index (χ1) is 18.8. The summed E-state index contributed by atoms with van der Waals surface area (Å²) in [4.78, 5) is 23.7. The average Bonchev–Trinajstić information content (AvgIpc) is 2.95. The van der Waals surface area contributed by atoms with Crippen LogP contribution in [0.2, 0.25) is 0 Å². The van der Waals surface area contributed by atoms with E-state index in [1.54, 1.807) is 47.6 Å². The summed E-state index contributed by atoms with van der Waals surface area (Å²) in [5, 5.41) is 1.06. The Bertz CT molecular complexity index is 1550. The molecule has 8 heteroatoms. The number of aromatic nitrogens is 2. The molecule has 0 fully saturated rings. The SMILES string of the molecule is O=C(Cc1ccc(C(F)(F)F)cc1)N(Cc1cccnc1)c1ccc(OCc2ccc3ccccc3n2)cc1. The number of rotatable bonds is 8. The van der Waals surface area contributed by atoms with Gasteiger partial charge in [-0.3, -0.25) is 9.78 Å². The lowest BCUT2D eigenvalue weighted by molar-refractivity contribution is -0.137. The molecule has 0 saturated heterocycles. The van der Waals surface area contributed by atoms with E-state index in [9.17, 15) is 18.0 Å². The molecule has 196 valence electrons. The van der Waals surface area contributed by atoms with Crippen molar-refractivity contribution < 1.29 is 22.7 Å². The Labute approximate surface area is 223 Å². The van der Waals surface area contributed by atoms with Crippen molar-refractivity contribution in [3.8, 4) is 5.75 Å². The van der Waals surface area contributed by atoms with Gasteiger partial charge in [-0.15, -0.1) is 0 Å². The molecule has 3 aromatic carbocycles. The van der Waals surface area contributed by atoms with E-state index in [4.69, 9.17) is 4.74 Å². The van der Waals surface area contributed by atoms with Gasteiger partial charge in [0.05, 0.1) is 29.7 Å². The van der Waals surface area contributed by atoms with Crippen molar-refractivity contribution in [2.75, 3.05) is 4.90 Å². The Kier molecular flexibility index (Phi) is 7.54. The van der Waals surface area contributed by atoms with E-state index in [1.165, 1.54) is 12.1 Å². The van der Waals surface area contributed by atoms with Crippen LogP contribution in [0, 0.1) is 0 Å². The van der Waals surface area contributed by atoms with Crippen LogP contribution >= 0.6 is 0 Å². The second kappa shape index (κ2) is 11.3. The van der Waals surface area contributed by atoms with E-state index >= 15 is 0 Å². The third kappa shape index (κ3) is 6.59. The summed E-state index contributed by atoms with van der Waals surface area (Å²) in [6.45, 7) is 0.547. The summed E-state index contributed by atoms with van der Waals surface area (Å²) < 4.78 is 44.7. The Hall–Kier alpha value is -4.72. The summed E-state index contributed by atoms with van der Waals surface area (Å²) >= 11 is 0. The second-order valence-corrected chi connectivity index (χ2v) is 8.99. The third-order valence-electron chi connectivity index (χ3n) is 6.19. The number of alkyl halides is 3. The maximum atomic E-state index is 13.3. The number of nitrogens with zero attached hydrogens (tertiary/aromatic N) is 3. The lowest BCUT2D eigenvalue weighted by Crippen LogP contribution is -2.31. The van der Waals surface area contributed by atoms with Crippen LogP contribution in [0.3, 0.4) is 0 Å². The molecule has 5 nitrogen and oxygen atoms in total. The highest BCUT2D eigenvalue weighted by Crippen LogP contribution is 2.29. The van der Waals surface area contributed by atoms with Crippen LogP contribution in [0.25, 0.3) is 10.9 Å². The van der Waals surface area contributed by atoms with Gasteiger partial charge in [0.25, 0.3) is 0 Å². The van der Waals surface area contributed by atoms with Crippen LogP contribution in [-0.2, 0) is 30.5 Å². The Morgan fingerprint density at radius 2 is 1.59 bits per heavy atom. The van der Waals surface area contributed by atoms with E-state index in [1.807, 2.05) is 42.5 Å². The molecule has 0 saturated carbocycles. The second-order valence-electron chi connectivity index (χ2n) is 8.99. The molecule has 2 heterocycles. The van der Waals surface area contributed by atoms with Gasteiger partial charge < -0.3 is 9.64 Å². The van der Waals surface area contributed by atoms with Gasteiger partial charge in [-0.05, 0) is 65.7 Å². The molecule has 0 spiro atoms. The molecule has 0 N–H and O–H groups in total. The van der Waals surface area contributed by atoms with Gasteiger partial charge in [0, 0.05) is 23.5 Å². The van der Waals surface area contributed by atoms with Crippen LogP contribution in [0.4, 0.5) is 18.9 Å². The van der Waals surface area contributed by atoms with Gasteiger partial charge in [0.1, 0.15) is 12.4 Å². The van der Waals surface area contributed by atoms with Gasteiger partial charge in [0.2, 0.25) is 5.91 Å². The Morgan fingerprint density at radius 3 is 2.31 bits per heavy atom. The summed E-state index contributed by atoms with van der Waals surface area (Å²) in [6.07, 6.45) is -1.16. The number of amides is 1. The molecule has 0 bridgehead atoms. The molecule has 1 amide bonds. The number of hydrogen-bond donors (Lipinski definition) is 0. The predicted molar refractivity (Wildman–Crippen MR) is 143 cm³/mol. The number of pyridine rings is 2. The predicted octanol–water partition coefficient (Wildman–Crippen LogP) is 7.00. The first-order valence-corrected chi connectivity index (χ1v) is 12.3. The highest BCUT2D eigenvalue weighted by atomic mass is 19.4. The fraction of sp³-hybridized carbons (Fsp3) is 0.129. The number of halogens is 3. The molecule has 0 radical (unpaired) electrons. The fourth-order valence-electron chi connectivity index (χ4n) is 4.15.